The maximum atomic E-state index is 11.7. The Morgan fingerprint density at radius 3 is 1.92 bits per heavy atom. The normalized spacial score (nSPS) is 9.56. The first-order valence-corrected chi connectivity index (χ1v) is 7.80. The fourth-order valence-electron chi connectivity index (χ4n) is 2.06. The fraction of sp³-hybridized carbons (Fsp3) is 0.389. The van der Waals surface area contributed by atoms with E-state index >= 15 is 0 Å². The Morgan fingerprint density at radius 2 is 1.52 bits per heavy atom. The highest BCUT2D eigenvalue weighted by molar-refractivity contribution is 5.93. The number of hydrogen-bond acceptors (Lipinski definition) is 4. The van der Waals surface area contributed by atoms with Crippen LogP contribution in [0.1, 0.15) is 29.5 Å². The summed E-state index contributed by atoms with van der Waals surface area (Å²) in [5.74, 6) is -2.18. The van der Waals surface area contributed by atoms with Crippen LogP contribution >= 0.6 is 0 Å². The van der Waals surface area contributed by atoms with Crippen LogP contribution in [0, 0.1) is 20.8 Å². The van der Waals surface area contributed by atoms with Crippen molar-refractivity contribution in [3.63, 3.8) is 0 Å². The van der Waals surface area contributed by atoms with Crippen LogP contribution < -0.4 is 10.6 Å². The highest BCUT2D eigenvalue weighted by Crippen LogP contribution is 2.21. The first kappa shape index (κ1) is 22.3. The largest absolute Gasteiger partial charge is 0.481 e. The number of rotatable bonds is 8. The summed E-state index contributed by atoms with van der Waals surface area (Å²) >= 11 is 0. The number of hydrogen-bond donors (Lipinski definition) is 4. The van der Waals surface area contributed by atoms with Gasteiger partial charge in [0.15, 0.2) is 0 Å². The number of amides is 1. The van der Waals surface area contributed by atoms with Gasteiger partial charge in [-0.15, -0.1) is 6.58 Å². The molecule has 0 atom stereocenters. The maximum absolute atomic E-state index is 11.7. The molecule has 0 aliphatic carbocycles. The molecule has 7 nitrogen and oxygen atoms in total. The number of carboxylic acid groups (broad SMARTS) is 2. The molecule has 138 valence electrons. The van der Waals surface area contributed by atoms with Gasteiger partial charge < -0.3 is 20.8 Å². The summed E-state index contributed by atoms with van der Waals surface area (Å²) in [7, 11) is 0. The quantitative estimate of drug-likeness (QED) is 0.422. The molecule has 1 amide bonds. The van der Waals surface area contributed by atoms with Crippen molar-refractivity contribution in [2.45, 2.75) is 33.6 Å². The van der Waals surface area contributed by atoms with Crippen LogP contribution in [0.2, 0.25) is 0 Å². The number of anilines is 1. The van der Waals surface area contributed by atoms with E-state index in [1.807, 2.05) is 13.8 Å². The minimum atomic E-state index is -1.08. The molecule has 1 aromatic carbocycles. The van der Waals surface area contributed by atoms with Crippen LogP contribution in [0.15, 0.2) is 24.8 Å². The predicted molar refractivity (Wildman–Crippen MR) is 96.9 cm³/mol. The summed E-state index contributed by atoms with van der Waals surface area (Å²) in [6.07, 6.45) is 1.14. The second-order valence-electron chi connectivity index (χ2n) is 5.53. The molecule has 7 heteroatoms. The molecule has 0 saturated heterocycles. The Hall–Kier alpha value is -2.67. The number of benzene rings is 1. The van der Waals surface area contributed by atoms with Crippen molar-refractivity contribution >= 4 is 23.5 Å². The van der Waals surface area contributed by atoms with Gasteiger partial charge in [-0.1, -0.05) is 23.8 Å². The summed E-state index contributed by atoms with van der Waals surface area (Å²) in [5, 5.41) is 21.7. The second-order valence-corrected chi connectivity index (χ2v) is 5.53. The SMILES string of the molecule is C=CCNCC(=O)Nc1c(C)cc(C)cc1C.O=C(O)CCC(=O)O. The van der Waals surface area contributed by atoms with Crippen LogP contribution in [-0.2, 0) is 14.4 Å². The molecule has 0 fully saturated rings. The number of nitrogens with one attached hydrogen (secondary N) is 2. The van der Waals surface area contributed by atoms with Crippen molar-refractivity contribution in [2.75, 3.05) is 18.4 Å². The summed E-state index contributed by atoms with van der Waals surface area (Å²) in [6, 6.07) is 4.14. The average molecular weight is 350 g/mol. The summed E-state index contributed by atoms with van der Waals surface area (Å²) in [6.45, 7) is 10.6. The molecule has 25 heavy (non-hydrogen) atoms. The van der Waals surface area contributed by atoms with Crippen LogP contribution in [0.3, 0.4) is 0 Å². The fourth-order valence-corrected chi connectivity index (χ4v) is 2.06. The lowest BCUT2D eigenvalue weighted by Crippen LogP contribution is -2.28. The average Bonchev–Trinajstić information content (AvgIpc) is 2.50. The first-order valence-electron chi connectivity index (χ1n) is 7.80. The van der Waals surface area contributed by atoms with Crippen LogP contribution in [0.4, 0.5) is 5.69 Å². The predicted octanol–water partition coefficient (Wildman–Crippen LogP) is 2.26. The van der Waals surface area contributed by atoms with Gasteiger partial charge in [0.05, 0.1) is 19.4 Å². The lowest BCUT2D eigenvalue weighted by molar-refractivity contribution is -0.143. The molecule has 0 bridgehead atoms. The molecular formula is C18H26N2O5. The van der Waals surface area contributed by atoms with Crippen molar-refractivity contribution in [2.24, 2.45) is 0 Å². The van der Waals surface area contributed by atoms with Gasteiger partial charge in [0, 0.05) is 12.2 Å². The molecule has 1 aromatic rings. The van der Waals surface area contributed by atoms with Gasteiger partial charge in [0.1, 0.15) is 0 Å². The van der Waals surface area contributed by atoms with E-state index in [-0.39, 0.29) is 18.7 Å². The molecular weight excluding hydrogens is 324 g/mol. The van der Waals surface area contributed by atoms with Gasteiger partial charge in [0.2, 0.25) is 5.91 Å². The highest BCUT2D eigenvalue weighted by atomic mass is 16.4. The molecule has 0 heterocycles. The van der Waals surface area contributed by atoms with Gasteiger partial charge in [-0.25, -0.2) is 0 Å². The Kier molecular flexibility index (Phi) is 10.5. The first-order chi connectivity index (χ1) is 11.7. The summed E-state index contributed by atoms with van der Waals surface area (Å²) in [5.41, 5.74) is 4.32. The van der Waals surface area contributed by atoms with Gasteiger partial charge in [-0.3, -0.25) is 14.4 Å². The van der Waals surface area contributed by atoms with Gasteiger partial charge in [0.25, 0.3) is 0 Å². The van der Waals surface area contributed by atoms with Crippen molar-refractivity contribution < 1.29 is 24.6 Å². The highest BCUT2D eigenvalue weighted by Gasteiger charge is 2.07. The lowest BCUT2D eigenvalue weighted by Gasteiger charge is -2.12. The van der Waals surface area contributed by atoms with E-state index in [4.69, 9.17) is 10.2 Å². The number of aliphatic carboxylic acids is 2. The third-order valence-corrected chi connectivity index (χ3v) is 3.07. The number of aryl methyl sites for hydroxylation is 3. The monoisotopic (exact) mass is 350 g/mol. The van der Waals surface area contributed by atoms with E-state index in [0.29, 0.717) is 13.1 Å². The second kappa shape index (κ2) is 11.8. The van der Waals surface area contributed by atoms with Crippen LogP contribution in [0.25, 0.3) is 0 Å². The minimum absolute atomic E-state index is 0.0260. The smallest absolute Gasteiger partial charge is 0.303 e. The van der Waals surface area contributed by atoms with Gasteiger partial charge in [-0.2, -0.15) is 0 Å². The van der Waals surface area contributed by atoms with Crippen molar-refractivity contribution in [1.29, 1.82) is 0 Å². The lowest BCUT2D eigenvalue weighted by atomic mass is 10.1. The standard InChI is InChI=1S/C14H20N2O.C4H6O4/c1-5-6-15-9-13(17)16-14-11(3)7-10(2)8-12(14)4;5-3(6)1-2-4(7)8/h5,7-8,15H,1,6,9H2,2-4H3,(H,16,17);1-2H2,(H,5,6)(H,7,8). The molecule has 0 radical (unpaired) electrons. The Morgan fingerprint density at radius 1 is 1.04 bits per heavy atom. The van der Waals surface area contributed by atoms with E-state index in [1.165, 1.54) is 5.56 Å². The van der Waals surface area contributed by atoms with Crippen molar-refractivity contribution in [3.8, 4) is 0 Å². The maximum Gasteiger partial charge on any atom is 0.303 e. The minimum Gasteiger partial charge on any atom is -0.481 e. The van der Waals surface area contributed by atoms with Crippen LogP contribution in [-0.4, -0.2) is 41.1 Å². The third kappa shape index (κ3) is 10.7. The van der Waals surface area contributed by atoms with Gasteiger partial charge >= 0.3 is 11.9 Å². The molecule has 4 N–H and O–H groups in total. The molecule has 0 aromatic heterocycles. The molecule has 0 aliphatic rings. The Balaban J connectivity index is 0.000000609. The molecule has 1 rings (SSSR count). The summed E-state index contributed by atoms with van der Waals surface area (Å²) < 4.78 is 0. The van der Waals surface area contributed by atoms with E-state index in [0.717, 1.165) is 16.8 Å². The number of carbonyl (C=O) groups excluding carboxylic acids is 1. The van der Waals surface area contributed by atoms with E-state index in [2.05, 4.69) is 36.3 Å². The number of carbonyl (C=O) groups is 3. The topological polar surface area (TPSA) is 116 Å². The number of carboxylic acids is 2. The molecule has 0 unspecified atom stereocenters. The molecule has 0 aliphatic heterocycles. The zero-order valence-corrected chi connectivity index (χ0v) is 14.9. The van der Waals surface area contributed by atoms with Crippen molar-refractivity contribution in [1.82, 2.24) is 5.32 Å². The van der Waals surface area contributed by atoms with E-state index in [1.54, 1.807) is 6.08 Å². The third-order valence-electron chi connectivity index (χ3n) is 3.07. The van der Waals surface area contributed by atoms with Gasteiger partial charge in [-0.05, 0) is 31.9 Å². The van der Waals surface area contributed by atoms with Crippen LogP contribution in [0.5, 0.6) is 0 Å². The molecule has 0 saturated carbocycles. The van der Waals surface area contributed by atoms with Crippen molar-refractivity contribution in [3.05, 3.63) is 41.5 Å². The van der Waals surface area contributed by atoms with E-state index in [9.17, 15) is 14.4 Å². The Bertz CT molecular complexity index is 589. The zero-order chi connectivity index (χ0) is 19.4. The Labute approximate surface area is 147 Å². The summed E-state index contributed by atoms with van der Waals surface area (Å²) in [4.78, 5) is 30.9. The zero-order valence-electron chi connectivity index (χ0n) is 14.9. The molecule has 0 spiro atoms. The van der Waals surface area contributed by atoms with E-state index < -0.39 is 11.9 Å².